The van der Waals surface area contributed by atoms with E-state index in [9.17, 15) is 13.6 Å². The summed E-state index contributed by atoms with van der Waals surface area (Å²) in [4.78, 5) is 24.1. The first-order valence-electron chi connectivity index (χ1n) is 9.37. The molecule has 0 aliphatic carbocycles. The summed E-state index contributed by atoms with van der Waals surface area (Å²) in [6, 6.07) is 5.51. The minimum atomic E-state index is -2.55. The summed E-state index contributed by atoms with van der Waals surface area (Å²) in [6.07, 6.45) is 6.11. The molecular weight excluding hydrogens is 396 g/mol. The smallest absolute Gasteiger partial charge is 0.273 e. The number of hydrogen-bond acceptors (Lipinski definition) is 7. The van der Waals surface area contributed by atoms with Crippen LogP contribution in [0.1, 0.15) is 17.3 Å². The van der Waals surface area contributed by atoms with Crippen LogP contribution < -0.4 is 16.1 Å². The third-order valence-electron chi connectivity index (χ3n) is 4.71. The zero-order valence-electron chi connectivity index (χ0n) is 16.1. The number of halogens is 2. The van der Waals surface area contributed by atoms with Crippen LogP contribution in [-0.4, -0.2) is 42.5 Å². The van der Waals surface area contributed by atoms with Crippen LogP contribution in [0.3, 0.4) is 0 Å². The number of aryl methyl sites for hydroxylation is 1. The van der Waals surface area contributed by atoms with E-state index in [4.69, 9.17) is 9.57 Å². The number of hydrogen-bond donors (Lipinski definition) is 3. The van der Waals surface area contributed by atoms with Crippen molar-refractivity contribution in [2.75, 3.05) is 18.5 Å². The molecule has 10 heteroatoms. The van der Waals surface area contributed by atoms with Crippen molar-refractivity contribution in [3.05, 3.63) is 65.7 Å². The summed E-state index contributed by atoms with van der Waals surface area (Å²) in [5.41, 5.74) is 5.49. The van der Waals surface area contributed by atoms with Gasteiger partial charge in [-0.3, -0.25) is 4.79 Å². The van der Waals surface area contributed by atoms with E-state index in [1.165, 1.54) is 0 Å². The van der Waals surface area contributed by atoms with E-state index < -0.39 is 19.2 Å². The van der Waals surface area contributed by atoms with Crippen molar-refractivity contribution < 1.29 is 23.1 Å². The molecular formula is C20H21F2N5O3. The van der Waals surface area contributed by atoms with Crippen molar-refractivity contribution in [3.63, 3.8) is 0 Å². The van der Waals surface area contributed by atoms with Crippen molar-refractivity contribution >= 4 is 17.5 Å². The maximum atomic E-state index is 12.8. The quantitative estimate of drug-likeness (QED) is 0.631. The lowest BCUT2D eigenvalue weighted by atomic mass is 10.1. The third-order valence-corrected chi connectivity index (χ3v) is 4.71. The summed E-state index contributed by atoms with van der Waals surface area (Å²) in [7, 11) is 0. The number of amides is 1. The van der Waals surface area contributed by atoms with E-state index in [-0.39, 0.29) is 24.6 Å². The number of rotatable bonds is 7. The molecule has 8 nitrogen and oxygen atoms in total. The first-order valence-corrected chi connectivity index (χ1v) is 9.37. The van der Waals surface area contributed by atoms with E-state index in [2.05, 4.69) is 21.1 Å². The van der Waals surface area contributed by atoms with Gasteiger partial charge in [0.1, 0.15) is 25.1 Å². The van der Waals surface area contributed by atoms with Gasteiger partial charge in [-0.2, -0.15) is 0 Å². The lowest BCUT2D eigenvalue weighted by molar-refractivity contribution is -0.114. The number of benzene rings is 1. The summed E-state index contributed by atoms with van der Waals surface area (Å²) in [5.74, 6) is -0.0598. The van der Waals surface area contributed by atoms with Crippen LogP contribution in [0.4, 0.5) is 14.5 Å². The van der Waals surface area contributed by atoms with E-state index in [1.807, 2.05) is 48.4 Å². The predicted octanol–water partition coefficient (Wildman–Crippen LogP) is 2.30. The Labute approximate surface area is 171 Å². The molecule has 3 aliphatic heterocycles. The van der Waals surface area contributed by atoms with Crippen LogP contribution in [0, 0.1) is 6.92 Å². The predicted molar refractivity (Wildman–Crippen MR) is 106 cm³/mol. The fourth-order valence-electron chi connectivity index (χ4n) is 3.18. The summed E-state index contributed by atoms with van der Waals surface area (Å²) in [5, 5.41) is 6.07. The molecule has 0 saturated carbocycles. The van der Waals surface area contributed by atoms with Gasteiger partial charge in [-0.25, -0.2) is 13.8 Å². The van der Waals surface area contributed by atoms with Gasteiger partial charge in [0.25, 0.3) is 12.3 Å². The van der Waals surface area contributed by atoms with Gasteiger partial charge in [-0.15, -0.1) is 5.48 Å². The molecule has 0 bridgehead atoms. The maximum absolute atomic E-state index is 12.8. The van der Waals surface area contributed by atoms with Crippen molar-refractivity contribution in [2.45, 2.75) is 25.7 Å². The van der Waals surface area contributed by atoms with Gasteiger partial charge in [0.05, 0.1) is 0 Å². The molecule has 1 aromatic rings. The molecule has 0 fully saturated rings. The highest BCUT2D eigenvalue weighted by molar-refractivity contribution is 6.04. The SMILES string of the molecule is Cc1ccc(C2N=C(COCC(F)F)ON2)cc1NC(=O)C1=CNC2C=CC=CN12. The number of carbonyl (C=O) groups excluding carboxylic acids is 1. The summed E-state index contributed by atoms with van der Waals surface area (Å²) < 4.78 is 29.2. The summed E-state index contributed by atoms with van der Waals surface area (Å²) >= 11 is 0. The Bertz CT molecular complexity index is 944. The molecule has 1 amide bonds. The van der Waals surface area contributed by atoms with Gasteiger partial charge in [-0.1, -0.05) is 18.2 Å². The van der Waals surface area contributed by atoms with Crippen LogP contribution in [0.5, 0.6) is 0 Å². The van der Waals surface area contributed by atoms with Gasteiger partial charge < -0.3 is 25.1 Å². The number of hydroxylamine groups is 1. The number of nitrogens with zero attached hydrogens (tertiary/aromatic N) is 2. The molecule has 30 heavy (non-hydrogen) atoms. The molecule has 3 N–H and O–H groups in total. The zero-order chi connectivity index (χ0) is 21.1. The zero-order valence-corrected chi connectivity index (χ0v) is 16.1. The Kier molecular flexibility index (Phi) is 5.77. The molecule has 4 rings (SSSR count). The highest BCUT2D eigenvalue weighted by Gasteiger charge is 2.28. The lowest BCUT2D eigenvalue weighted by Gasteiger charge is -2.24. The van der Waals surface area contributed by atoms with Crippen LogP contribution in [0.25, 0.3) is 0 Å². The Morgan fingerprint density at radius 3 is 3.10 bits per heavy atom. The molecule has 1 aromatic carbocycles. The average molecular weight is 417 g/mol. The number of aliphatic imine (C=N–C) groups is 1. The highest BCUT2D eigenvalue weighted by Crippen LogP contribution is 2.26. The van der Waals surface area contributed by atoms with Crippen LogP contribution >= 0.6 is 0 Å². The Morgan fingerprint density at radius 2 is 2.27 bits per heavy atom. The second-order valence-corrected chi connectivity index (χ2v) is 6.85. The topological polar surface area (TPSA) is 87.2 Å². The van der Waals surface area contributed by atoms with Crippen LogP contribution in [0.2, 0.25) is 0 Å². The average Bonchev–Trinajstić information content (AvgIpc) is 3.36. The number of nitrogens with one attached hydrogen (secondary N) is 3. The highest BCUT2D eigenvalue weighted by atomic mass is 19.3. The molecule has 0 aromatic heterocycles. The van der Waals surface area contributed by atoms with Crippen molar-refractivity contribution in [1.82, 2.24) is 15.7 Å². The molecule has 0 saturated heterocycles. The Hall–Kier alpha value is -3.24. The monoisotopic (exact) mass is 417 g/mol. The molecule has 3 aliphatic rings. The first kappa shape index (κ1) is 20.0. The molecule has 0 spiro atoms. The van der Waals surface area contributed by atoms with Crippen LogP contribution in [-0.2, 0) is 14.4 Å². The van der Waals surface area contributed by atoms with Gasteiger partial charge in [0.2, 0.25) is 5.90 Å². The lowest BCUT2D eigenvalue weighted by Crippen LogP contribution is -2.35. The molecule has 158 valence electrons. The number of allylic oxidation sites excluding steroid dienone is 2. The number of ether oxygens (including phenoxy) is 1. The standard InChI is InChI=1S/C20H21F2N5O3/c1-12-5-6-13(19-25-18(30-26-19)11-29-10-16(21)22)8-14(12)24-20(28)15-9-23-17-4-2-3-7-27(15)17/h2-9,16-17,19,23,26H,10-11H2,1H3,(H,24,28). The van der Waals surface area contributed by atoms with Crippen molar-refractivity contribution in [2.24, 2.45) is 4.99 Å². The van der Waals surface area contributed by atoms with Crippen LogP contribution in [0.15, 0.2) is 59.5 Å². The van der Waals surface area contributed by atoms with Crippen molar-refractivity contribution in [3.8, 4) is 0 Å². The largest absolute Gasteiger partial charge is 0.388 e. The van der Waals surface area contributed by atoms with E-state index in [1.54, 1.807) is 12.3 Å². The van der Waals surface area contributed by atoms with Gasteiger partial charge >= 0.3 is 0 Å². The van der Waals surface area contributed by atoms with E-state index in [0.29, 0.717) is 11.4 Å². The number of anilines is 1. The number of fused-ring (bicyclic) bond motifs is 1. The minimum Gasteiger partial charge on any atom is -0.388 e. The number of alkyl halides is 2. The maximum Gasteiger partial charge on any atom is 0.273 e. The Morgan fingerprint density at radius 1 is 1.40 bits per heavy atom. The minimum absolute atomic E-state index is 0.0666. The van der Waals surface area contributed by atoms with Gasteiger partial charge in [0, 0.05) is 18.1 Å². The molecule has 2 unspecified atom stereocenters. The van der Waals surface area contributed by atoms with E-state index >= 15 is 0 Å². The molecule has 0 radical (unpaired) electrons. The van der Waals surface area contributed by atoms with Gasteiger partial charge in [0.15, 0.2) is 6.17 Å². The Balaban J connectivity index is 1.43. The summed E-state index contributed by atoms with van der Waals surface area (Å²) in [6.45, 7) is 1.06. The third kappa shape index (κ3) is 4.34. The molecule has 2 atom stereocenters. The fourth-order valence-corrected chi connectivity index (χ4v) is 3.18. The fraction of sp³-hybridized carbons (Fsp3) is 0.300. The van der Waals surface area contributed by atoms with E-state index in [0.717, 1.165) is 11.1 Å². The second-order valence-electron chi connectivity index (χ2n) is 6.85. The van der Waals surface area contributed by atoms with Crippen molar-refractivity contribution in [1.29, 1.82) is 0 Å². The number of carbonyl (C=O) groups is 1. The molecule has 3 heterocycles. The normalized spacial score (nSPS) is 21.8. The second kappa shape index (κ2) is 8.64. The first-order chi connectivity index (χ1) is 14.5. The van der Waals surface area contributed by atoms with Gasteiger partial charge in [-0.05, 0) is 36.3 Å².